The Morgan fingerprint density at radius 1 is 1.16 bits per heavy atom. The molecule has 0 atom stereocenters. The van der Waals surface area contributed by atoms with E-state index in [0.717, 1.165) is 4.88 Å². The molecule has 3 N–H and O–H groups in total. The number of phenols is 1. The molecule has 0 saturated carbocycles. The van der Waals surface area contributed by atoms with Gasteiger partial charge in [0.15, 0.2) is 11.5 Å². The van der Waals surface area contributed by atoms with Crippen molar-refractivity contribution in [3.05, 3.63) is 84.6 Å². The van der Waals surface area contributed by atoms with Crippen LogP contribution in [0, 0.1) is 0 Å². The highest BCUT2D eigenvalue weighted by Crippen LogP contribution is 2.39. The Balaban J connectivity index is 1.82. The fourth-order valence-corrected chi connectivity index (χ4v) is 4.04. The van der Waals surface area contributed by atoms with Gasteiger partial charge >= 0.3 is 0 Å². The lowest BCUT2D eigenvalue weighted by Gasteiger charge is -2.10. The summed E-state index contributed by atoms with van der Waals surface area (Å²) in [6.45, 7) is 0. The highest BCUT2D eigenvalue weighted by atomic mass is 79.9. The molecule has 164 valence electrons. The third-order valence-corrected chi connectivity index (χ3v) is 6.96. The zero-order valence-electron chi connectivity index (χ0n) is 16.6. The highest BCUT2D eigenvalue weighted by molar-refractivity contribution is 9.13. The summed E-state index contributed by atoms with van der Waals surface area (Å²) in [4.78, 5) is 26.1. The van der Waals surface area contributed by atoms with Gasteiger partial charge in [-0.2, -0.15) is 5.10 Å². The molecule has 7 nitrogen and oxygen atoms in total. The summed E-state index contributed by atoms with van der Waals surface area (Å²) in [6.07, 6.45) is 2.83. The van der Waals surface area contributed by atoms with E-state index in [2.05, 4.69) is 47.7 Å². The SMILES string of the molecule is COc1cc(Br)c(Br)c(/C=N/NC(=O)C(=Cc2cccs2)NC(=O)c2ccccc2)c1O. The summed E-state index contributed by atoms with van der Waals surface area (Å²) >= 11 is 8.13. The number of methoxy groups -OCH3 is 1. The van der Waals surface area contributed by atoms with Crippen LogP contribution in [0.1, 0.15) is 20.8 Å². The van der Waals surface area contributed by atoms with Gasteiger partial charge in [-0.25, -0.2) is 5.43 Å². The maximum Gasteiger partial charge on any atom is 0.287 e. The Hall–Kier alpha value is -2.95. The van der Waals surface area contributed by atoms with Gasteiger partial charge in [-0.15, -0.1) is 11.3 Å². The lowest BCUT2D eigenvalue weighted by Crippen LogP contribution is -2.32. The van der Waals surface area contributed by atoms with Gasteiger partial charge in [0, 0.05) is 19.4 Å². The standard InChI is InChI=1S/C22H17Br2N3O4S/c1-31-18-11-16(23)19(24)15(20(18)28)12-25-27-22(30)17(10-14-8-5-9-32-14)26-21(29)13-6-3-2-4-7-13/h2-12,28H,1H3,(H,26,29)(H,27,30)/b17-10?,25-12+. The summed E-state index contributed by atoms with van der Waals surface area (Å²) in [5.74, 6) is -0.963. The van der Waals surface area contributed by atoms with Crippen LogP contribution in [0.3, 0.4) is 0 Å². The highest BCUT2D eigenvalue weighted by Gasteiger charge is 2.16. The minimum absolute atomic E-state index is 0.0218. The number of nitrogens with zero attached hydrogens (tertiary/aromatic N) is 1. The van der Waals surface area contributed by atoms with Gasteiger partial charge in [0.05, 0.1) is 18.9 Å². The summed E-state index contributed by atoms with van der Waals surface area (Å²) in [6, 6.07) is 13.8. The second-order valence-electron chi connectivity index (χ2n) is 6.23. The molecule has 0 saturated heterocycles. The molecule has 0 aliphatic heterocycles. The molecule has 3 rings (SSSR count). The van der Waals surface area contributed by atoms with E-state index >= 15 is 0 Å². The molecule has 1 aromatic heterocycles. The maximum atomic E-state index is 12.8. The van der Waals surface area contributed by atoms with Gasteiger partial charge in [0.25, 0.3) is 11.8 Å². The second-order valence-corrected chi connectivity index (χ2v) is 8.86. The second kappa shape index (κ2) is 11.1. The van der Waals surface area contributed by atoms with E-state index in [4.69, 9.17) is 4.74 Å². The monoisotopic (exact) mass is 577 g/mol. The number of halogens is 2. The van der Waals surface area contributed by atoms with Crippen LogP contribution in [0.4, 0.5) is 0 Å². The first kappa shape index (κ1) is 23.7. The topological polar surface area (TPSA) is 100 Å². The van der Waals surface area contributed by atoms with Crippen LogP contribution in [0.15, 0.2) is 73.7 Å². The average molecular weight is 579 g/mol. The molecular weight excluding hydrogens is 562 g/mol. The number of carbonyl (C=O) groups excluding carboxylic acids is 2. The Morgan fingerprint density at radius 2 is 1.91 bits per heavy atom. The Kier molecular flexibility index (Phi) is 8.20. The van der Waals surface area contributed by atoms with E-state index in [1.54, 1.807) is 42.5 Å². The number of phenolic OH excluding ortho intramolecular Hbond substituents is 1. The van der Waals surface area contributed by atoms with Crippen molar-refractivity contribution in [2.24, 2.45) is 5.10 Å². The predicted octanol–water partition coefficient (Wildman–Crippen LogP) is 4.91. The zero-order valence-corrected chi connectivity index (χ0v) is 20.6. The van der Waals surface area contributed by atoms with Crippen molar-refractivity contribution in [1.82, 2.24) is 10.7 Å². The zero-order chi connectivity index (χ0) is 23.1. The molecule has 10 heteroatoms. The molecule has 2 amide bonds. The van der Waals surface area contributed by atoms with E-state index < -0.39 is 11.8 Å². The molecule has 0 fully saturated rings. The van der Waals surface area contributed by atoms with Crippen LogP contribution in [0.2, 0.25) is 0 Å². The van der Waals surface area contributed by atoms with Crippen molar-refractivity contribution < 1.29 is 19.4 Å². The van der Waals surface area contributed by atoms with Crippen molar-refractivity contribution >= 4 is 67.3 Å². The lowest BCUT2D eigenvalue weighted by atomic mass is 10.2. The van der Waals surface area contributed by atoms with Gasteiger partial charge in [-0.1, -0.05) is 24.3 Å². The summed E-state index contributed by atoms with van der Waals surface area (Å²) in [7, 11) is 1.43. The molecule has 0 unspecified atom stereocenters. The van der Waals surface area contributed by atoms with Gasteiger partial charge in [-0.3, -0.25) is 9.59 Å². The molecule has 0 bridgehead atoms. The predicted molar refractivity (Wildman–Crippen MR) is 132 cm³/mol. The normalized spacial score (nSPS) is 11.4. The number of ether oxygens (including phenoxy) is 1. The molecule has 1 heterocycles. The van der Waals surface area contributed by atoms with Crippen molar-refractivity contribution in [3.63, 3.8) is 0 Å². The van der Waals surface area contributed by atoms with Gasteiger partial charge in [0.1, 0.15) is 5.70 Å². The number of rotatable bonds is 7. The molecule has 0 aliphatic carbocycles. The number of nitrogens with one attached hydrogen (secondary N) is 2. The summed E-state index contributed by atoms with van der Waals surface area (Å²) in [5.41, 5.74) is 3.11. The number of amides is 2. The van der Waals surface area contributed by atoms with Crippen LogP contribution in [-0.2, 0) is 4.79 Å². The lowest BCUT2D eigenvalue weighted by molar-refractivity contribution is -0.117. The van der Waals surface area contributed by atoms with Crippen LogP contribution in [0.5, 0.6) is 11.5 Å². The Bertz CT molecular complexity index is 1180. The first-order valence-corrected chi connectivity index (χ1v) is 11.6. The number of hydrogen-bond donors (Lipinski definition) is 3. The third kappa shape index (κ3) is 5.84. The van der Waals surface area contributed by atoms with Crippen LogP contribution >= 0.6 is 43.2 Å². The van der Waals surface area contributed by atoms with Crippen molar-refractivity contribution in [2.75, 3.05) is 7.11 Å². The van der Waals surface area contributed by atoms with E-state index in [1.807, 2.05) is 17.5 Å². The van der Waals surface area contributed by atoms with E-state index in [9.17, 15) is 14.7 Å². The van der Waals surface area contributed by atoms with Crippen LogP contribution < -0.4 is 15.5 Å². The minimum Gasteiger partial charge on any atom is -0.504 e. The fraction of sp³-hybridized carbons (Fsp3) is 0.0455. The van der Waals surface area contributed by atoms with E-state index in [1.165, 1.54) is 24.7 Å². The van der Waals surface area contributed by atoms with Gasteiger partial charge in [-0.05, 0) is 67.6 Å². The van der Waals surface area contributed by atoms with E-state index in [0.29, 0.717) is 20.1 Å². The Morgan fingerprint density at radius 3 is 2.56 bits per heavy atom. The van der Waals surface area contributed by atoms with Crippen molar-refractivity contribution in [1.29, 1.82) is 0 Å². The van der Waals surface area contributed by atoms with Gasteiger partial charge in [0.2, 0.25) is 0 Å². The van der Waals surface area contributed by atoms with Crippen molar-refractivity contribution in [3.8, 4) is 11.5 Å². The third-order valence-electron chi connectivity index (χ3n) is 4.13. The average Bonchev–Trinajstić information content (AvgIpc) is 3.31. The molecule has 0 radical (unpaired) electrons. The quantitative estimate of drug-likeness (QED) is 0.211. The molecule has 32 heavy (non-hydrogen) atoms. The molecular formula is C22H17Br2N3O4S. The number of carbonyl (C=O) groups is 2. The number of hydrogen-bond acceptors (Lipinski definition) is 6. The fourth-order valence-electron chi connectivity index (χ4n) is 2.56. The summed E-state index contributed by atoms with van der Waals surface area (Å²) < 4.78 is 6.29. The van der Waals surface area contributed by atoms with Crippen LogP contribution in [-0.4, -0.2) is 30.2 Å². The molecule has 0 spiro atoms. The van der Waals surface area contributed by atoms with Crippen LogP contribution in [0.25, 0.3) is 6.08 Å². The smallest absolute Gasteiger partial charge is 0.287 e. The number of thiophene rings is 1. The largest absolute Gasteiger partial charge is 0.504 e. The molecule has 2 aromatic carbocycles. The minimum atomic E-state index is -0.628. The number of aromatic hydroxyl groups is 1. The van der Waals surface area contributed by atoms with Gasteiger partial charge < -0.3 is 15.2 Å². The number of benzene rings is 2. The van der Waals surface area contributed by atoms with Crippen molar-refractivity contribution in [2.45, 2.75) is 0 Å². The first-order valence-electron chi connectivity index (χ1n) is 9.10. The molecule has 3 aromatic rings. The molecule has 0 aliphatic rings. The first-order chi connectivity index (χ1) is 15.4. The van der Waals surface area contributed by atoms with E-state index in [-0.39, 0.29) is 17.2 Å². The summed E-state index contributed by atoms with van der Waals surface area (Å²) in [5, 5.41) is 18.8. The Labute approximate surface area is 205 Å². The maximum absolute atomic E-state index is 12.8. The number of hydrazone groups is 1.